The van der Waals surface area contributed by atoms with Crippen molar-refractivity contribution < 1.29 is 4.79 Å². The third-order valence-electron chi connectivity index (χ3n) is 4.00. The van der Waals surface area contributed by atoms with Crippen molar-refractivity contribution in [2.45, 2.75) is 18.9 Å². The van der Waals surface area contributed by atoms with E-state index in [0.29, 0.717) is 12.0 Å². The van der Waals surface area contributed by atoms with Crippen molar-refractivity contribution in [1.82, 2.24) is 10.2 Å². The zero-order chi connectivity index (χ0) is 13.4. The van der Waals surface area contributed by atoms with Gasteiger partial charge in [-0.2, -0.15) is 0 Å². The Labute approximate surface area is 130 Å². The summed E-state index contributed by atoms with van der Waals surface area (Å²) in [6, 6.07) is 6.22. The fraction of sp³-hybridized carbons (Fsp3) is 0.500. The molecule has 0 saturated carbocycles. The Morgan fingerprint density at radius 2 is 1.95 bits per heavy atom. The minimum atomic E-state index is 0.137. The Balaban J connectivity index is 1.77. The molecule has 0 aliphatic carbocycles. The summed E-state index contributed by atoms with van der Waals surface area (Å²) >= 11 is 6.88. The molecule has 0 unspecified atom stereocenters. The van der Waals surface area contributed by atoms with Crippen molar-refractivity contribution in [1.29, 1.82) is 0 Å². The summed E-state index contributed by atoms with van der Waals surface area (Å²) < 4.78 is 1.86. The highest BCUT2D eigenvalue weighted by molar-refractivity contribution is 9.11. The highest BCUT2D eigenvalue weighted by Crippen LogP contribution is 2.27. The molecule has 1 aromatic carbocycles. The molecule has 0 spiro atoms. The van der Waals surface area contributed by atoms with Gasteiger partial charge in [-0.05, 0) is 43.5 Å². The van der Waals surface area contributed by atoms with Crippen LogP contribution in [0.3, 0.4) is 0 Å². The second-order valence-corrected chi connectivity index (χ2v) is 7.16. The molecule has 1 aromatic rings. The van der Waals surface area contributed by atoms with Gasteiger partial charge in [0.15, 0.2) is 0 Å². The van der Waals surface area contributed by atoms with E-state index in [1.165, 1.54) is 12.8 Å². The van der Waals surface area contributed by atoms with E-state index >= 15 is 0 Å². The summed E-state index contributed by atoms with van der Waals surface area (Å²) in [5.41, 5.74) is 0.750. The number of amides is 1. The van der Waals surface area contributed by atoms with Crippen molar-refractivity contribution in [3.05, 3.63) is 32.7 Å². The standard InChI is InChI=1S/C14H16Br2N2O/c15-11-4-10(5-12(16)6-11)14(19)18-7-9-2-1-3-17-13(9)8-18/h4-6,9,13,17H,1-3,7-8H2/t9-,13+/m0/s1. The van der Waals surface area contributed by atoms with E-state index in [-0.39, 0.29) is 5.91 Å². The van der Waals surface area contributed by atoms with Crippen LogP contribution < -0.4 is 5.32 Å². The van der Waals surface area contributed by atoms with Crippen LogP contribution in [0.2, 0.25) is 0 Å². The number of carbonyl (C=O) groups is 1. The maximum Gasteiger partial charge on any atom is 0.253 e. The molecule has 2 atom stereocenters. The molecule has 2 aliphatic rings. The number of halogens is 2. The number of hydrogen-bond donors (Lipinski definition) is 1. The van der Waals surface area contributed by atoms with E-state index in [9.17, 15) is 4.79 Å². The molecule has 1 N–H and O–H groups in total. The first-order valence-electron chi connectivity index (χ1n) is 6.62. The lowest BCUT2D eigenvalue weighted by Gasteiger charge is -2.24. The van der Waals surface area contributed by atoms with Gasteiger partial charge in [-0.15, -0.1) is 0 Å². The van der Waals surface area contributed by atoms with Crippen molar-refractivity contribution in [3.8, 4) is 0 Å². The molecular formula is C14H16Br2N2O. The smallest absolute Gasteiger partial charge is 0.253 e. The van der Waals surface area contributed by atoms with Gasteiger partial charge in [0, 0.05) is 33.6 Å². The molecule has 1 amide bonds. The Hall–Kier alpha value is -0.390. The molecule has 2 aliphatic heterocycles. The molecule has 2 fully saturated rings. The number of nitrogens with zero attached hydrogens (tertiary/aromatic N) is 1. The average Bonchev–Trinajstić information content (AvgIpc) is 2.80. The van der Waals surface area contributed by atoms with Gasteiger partial charge in [-0.3, -0.25) is 4.79 Å². The zero-order valence-electron chi connectivity index (χ0n) is 10.5. The number of likely N-dealkylation sites (tertiary alicyclic amines) is 1. The van der Waals surface area contributed by atoms with Crippen molar-refractivity contribution in [3.63, 3.8) is 0 Å². The SMILES string of the molecule is O=C(c1cc(Br)cc(Br)c1)N1C[C@@H]2CCCN[C@@H]2C1. The highest BCUT2D eigenvalue weighted by atomic mass is 79.9. The Morgan fingerprint density at radius 3 is 2.63 bits per heavy atom. The maximum atomic E-state index is 12.6. The van der Waals surface area contributed by atoms with Gasteiger partial charge in [0.2, 0.25) is 0 Å². The first-order valence-corrected chi connectivity index (χ1v) is 8.21. The third-order valence-corrected chi connectivity index (χ3v) is 4.91. The fourth-order valence-corrected chi connectivity index (χ4v) is 4.37. The van der Waals surface area contributed by atoms with Crippen LogP contribution in [0.4, 0.5) is 0 Å². The normalized spacial score (nSPS) is 26.3. The Kier molecular flexibility index (Phi) is 3.96. The van der Waals surface area contributed by atoms with Crippen LogP contribution in [0, 0.1) is 5.92 Å². The van der Waals surface area contributed by atoms with Gasteiger partial charge in [-0.1, -0.05) is 31.9 Å². The molecule has 0 bridgehead atoms. The lowest BCUT2D eigenvalue weighted by Crippen LogP contribution is -2.41. The van der Waals surface area contributed by atoms with Crippen LogP contribution in [0.5, 0.6) is 0 Å². The number of nitrogens with one attached hydrogen (secondary N) is 1. The van der Waals surface area contributed by atoms with E-state index in [1.54, 1.807) is 0 Å². The van der Waals surface area contributed by atoms with E-state index in [2.05, 4.69) is 37.2 Å². The lowest BCUT2D eigenvalue weighted by atomic mass is 9.94. The maximum absolute atomic E-state index is 12.6. The minimum absolute atomic E-state index is 0.137. The van der Waals surface area contributed by atoms with E-state index < -0.39 is 0 Å². The first kappa shape index (κ1) is 13.6. The second kappa shape index (κ2) is 5.54. The lowest BCUT2D eigenvalue weighted by molar-refractivity contribution is 0.0785. The number of fused-ring (bicyclic) bond motifs is 1. The molecule has 5 heteroatoms. The summed E-state index contributed by atoms with van der Waals surface area (Å²) in [6.45, 7) is 2.82. The summed E-state index contributed by atoms with van der Waals surface area (Å²) in [6.07, 6.45) is 2.47. The number of carbonyl (C=O) groups excluding carboxylic acids is 1. The molecule has 19 heavy (non-hydrogen) atoms. The quantitative estimate of drug-likeness (QED) is 0.803. The van der Waals surface area contributed by atoms with Crippen molar-refractivity contribution in [2.75, 3.05) is 19.6 Å². The molecule has 2 saturated heterocycles. The third kappa shape index (κ3) is 2.88. The number of piperidine rings is 1. The number of benzene rings is 1. The van der Waals surface area contributed by atoms with Crippen LogP contribution in [0.1, 0.15) is 23.2 Å². The predicted octanol–water partition coefficient (Wildman–Crippen LogP) is 3.04. The van der Waals surface area contributed by atoms with Gasteiger partial charge in [0.1, 0.15) is 0 Å². The van der Waals surface area contributed by atoms with Crippen LogP contribution in [-0.4, -0.2) is 36.5 Å². The molecule has 0 radical (unpaired) electrons. The molecule has 0 aromatic heterocycles. The minimum Gasteiger partial charge on any atom is -0.337 e. The first-order chi connectivity index (χ1) is 9.13. The van der Waals surface area contributed by atoms with Crippen LogP contribution in [-0.2, 0) is 0 Å². The monoisotopic (exact) mass is 386 g/mol. The van der Waals surface area contributed by atoms with Crippen LogP contribution in [0.15, 0.2) is 27.1 Å². The van der Waals surface area contributed by atoms with Crippen LogP contribution in [0.25, 0.3) is 0 Å². The molecule has 3 rings (SSSR count). The summed E-state index contributed by atoms with van der Waals surface area (Å²) in [7, 11) is 0. The largest absolute Gasteiger partial charge is 0.337 e. The highest BCUT2D eigenvalue weighted by Gasteiger charge is 2.36. The molecule has 102 valence electrons. The van der Waals surface area contributed by atoms with Gasteiger partial charge >= 0.3 is 0 Å². The number of hydrogen-bond acceptors (Lipinski definition) is 2. The molecule has 3 nitrogen and oxygen atoms in total. The summed E-state index contributed by atoms with van der Waals surface area (Å²) in [5.74, 6) is 0.770. The van der Waals surface area contributed by atoms with E-state index in [1.807, 2.05) is 23.1 Å². The Bertz CT molecular complexity index is 472. The van der Waals surface area contributed by atoms with E-state index in [0.717, 1.165) is 34.1 Å². The van der Waals surface area contributed by atoms with Gasteiger partial charge < -0.3 is 10.2 Å². The van der Waals surface area contributed by atoms with Crippen molar-refractivity contribution >= 4 is 37.8 Å². The zero-order valence-corrected chi connectivity index (χ0v) is 13.7. The van der Waals surface area contributed by atoms with Crippen LogP contribution >= 0.6 is 31.9 Å². The fourth-order valence-electron chi connectivity index (χ4n) is 3.07. The molecular weight excluding hydrogens is 372 g/mol. The van der Waals surface area contributed by atoms with Crippen molar-refractivity contribution in [2.24, 2.45) is 5.92 Å². The van der Waals surface area contributed by atoms with Gasteiger partial charge in [-0.25, -0.2) is 0 Å². The van der Waals surface area contributed by atoms with E-state index in [4.69, 9.17) is 0 Å². The summed E-state index contributed by atoms with van der Waals surface area (Å²) in [5, 5.41) is 3.53. The van der Waals surface area contributed by atoms with Gasteiger partial charge in [0.25, 0.3) is 5.91 Å². The summed E-state index contributed by atoms with van der Waals surface area (Å²) in [4.78, 5) is 14.5. The topological polar surface area (TPSA) is 32.3 Å². The van der Waals surface area contributed by atoms with Gasteiger partial charge in [0.05, 0.1) is 0 Å². The predicted molar refractivity (Wildman–Crippen MR) is 82.3 cm³/mol. The Morgan fingerprint density at radius 1 is 1.21 bits per heavy atom. The average molecular weight is 388 g/mol. The second-order valence-electron chi connectivity index (χ2n) is 5.33. The molecule has 2 heterocycles. The number of rotatable bonds is 1.